The van der Waals surface area contributed by atoms with E-state index in [1.807, 2.05) is 0 Å². The molecule has 32 heavy (non-hydrogen) atoms. The first kappa shape index (κ1) is 18.7. The van der Waals surface area contributed by atoms with Crippen LogP contribution in [-0.4, -0.2) is 26.2 Å². The second-order valence-corrected chi connectivity index (χ2v) is 9.65. The van der Waals surface area contributed by atoms with Gasteiger partial charge in [-0.15, -0.1) is 0 Å². The summed E-state index contributed by atoms with van der Waals surface area (Å²) in [5, 5.41) is 7.53. The van der Waals surface area contributed by atoms with Crippen molar-refractivity contribution in [2.45, 2.75) is 18.3 Å². The summed E-state index contributed by atoms with van der Waals surface area (Å²) in [6.07, 6.45) is 2.46. The maximum absolute atomic E-state index is 3.78. The lowest BCUT2D eigenvalue weighted by Crippen LogP contribution is -2.49. The third kappa shape index (κ3) is 2.33. The Morgan fingerprint density at radius 3 is 2.19 bits per heavy atom. The highest BCUT2D eigenvalue weighted by molar-refractivity contribution is 5.88. The molecule has 3 nitrogen and oxygen atoms in total. The zero-order valence-electron chi connectivity index (χ0n) is 18.4. The monoisotopic (exact) mass is 419 g/mol. The van der Waals surface area contributed by atoms with Gasteiger partial charge in [-0.3, -0.25) is 0 Å². The van der Waals surface area contributed by atoms with Gasteiger partial charge in [-0.2, -0.15) is 0 Å². The van der Waals surface area contributed by atoms with E-state index in [2.05, 4.69) is 94.4 Å². The molecule has 0 radical (unpaired) electrons. The summed E-state index contributed by atoms with van der Waals surface area (Å²) < 4.78 is 0. The van der Waals surface area contributed by atoms with E-state index < -0.39 is 0 Å². The minimum absolute atomic E-state index is 0.0562. The van der Waals surface area contributed by atoms with Crippen molar-refractivity contribution in [2.24, 2.45) is 11.8 Å². The highest BCUT2D eigenvalue weighted by atomic mass is 15.2. The number of hydrogen-bond acceptors (Lipinski definition) is 3. The number of anilines is 3. The van der Waals surface area contributed by atoms with Gasteiger partial charge in [0.25, 0.3) is 0 Å². The average Bonchev–Trinajstić information content (AvgIpc) is 3.16. The topological polar surface area (TPSA) is 27.3 Å². The van der Waals surface area contributed by atoms with Crippen LogP contribution in [0, 0.1) is 11.8 Å². The van der Waals surface area contributed by atoms with E-state index in [-0.39, 0.29) is 5.41 Å². The highest BCUT2D eigenvalue weighted by Crippen LogP contribution is 2.64. The summed E-state index contributed by atoms with van der Waals surface area (Å²) in [7, 11) is 0. The molecule has 0 bridgehead atoms. The molecular formula is C29H29N3. The maximum atomic E-state index is 3.78. The first-order valence-electron chi connectivity index (χ1n) is 12.1. The van der Waals surface area contributed by atoms with Crippen LogP contribution in [0.15, 0.2) is 90.0 Å². The molecule has 3 aromatic carbocycles. The van der Waals surface area contributed by atoms with Gasteiger partial charge in [0.1, 0.15) is 0 Å². The molecule has 3 aromatic rings. The van der Waals surface area contributed by atoms with E-state index in [9.17, 15) is 0 Å². The molecule has 3 heterocycles. The fraction of sp³-hybridized carbons (Fsp3) is 0.310. The summed E-state index contributed by atoms with van der Waals surface area (Å²) in [6.45, 7) is 4.36. The molecule has 1 saturated heterocycles. The van der Waals surface area contributed by atoms with Crippen LogP contribution in [-0.2, 0) is 5.41 Å². The Kier molecular flexibility index (Phi) is 4.12. The summed E-state index contributed by atoms with van der Waals surface area (Å²) in [5.74, 6) is 1.26. The predicted molar refractivity (Wildman–Crippen MR) is 131 cm³/mol. The van der Waals surface area contributed by atoms with Crippen molar-refractivity contribution in [1.82, 2.24) is 10.6 Å². The third-order valence-electron chi connectivity index (χ3n) is 8.38. The molecule has 0 amide bonds. The van der Waals surface area contributed by atoms with Crippen molar-refractivity contribution in [3.63, 3.8) is 0 Å². The van der Waals surface area contributed by atoms with Gasteiger partial charge in [0.15, 0.2) is 0 Å². The summed E-state index contributed by atoms with van der Waals surface area (Å²) in [5.41, 5.74) is 10.2. The Balaban J connectivity index is 1.57. The van der Waals surface area contributed by atoms with Gasteiger partial charge >= 0.3 is 0 Å². The van der Waals surface area contributed by atoms with Crippen LogP contribution >= 0.6 is 0 Å². The Labute approximate surface area is 190 Å². The Bertz CT molecular complexity index is 1160. The lowest BCUT2D eigenvalue weighted by atomic mass is 9.59. The molecule has 160 valence electrons. The lowest BCUT2D eigenvalue weighted by Gasteiger charge is -2.50. The molecular weight excluding hydrogens is 390 g/mol. The smallest absolute Gasteiger partial charge is 0.0513 e. The van der Waals surface area contributed by atoms with Crippen LogP contribution in [0.5, 0.6) is 0 Å². The van der Waals surface area contributed by atoms with E-state index in [4.69, 9.17) is 0 Å². The van der Waals surface area contributed by atoms with Gasteiger partial charge in [-0.25, -0.2) is 0 Å². The largest absolute Gasteiger partial charge is 0.316 e. The first-order chi connectivity index (χ1) is 15.9. The molecule has 0 aromatic heterocycles. The van der Waals surface area contributed by atoms with E-state index in [0.717, 1.165) is 26.2 Å². The number of rotatable bonds is 1. The normalized spacial score (nSPS) is 25.2. The fourth-order valence-electron chi connectivity index (χ4n) is 7.32. The van der Waals surface area contributed by atoms with Crippen LogP contribution in [0.2, 0.25) is 0 Å². The summed E-state index contributed by atoms with van der Waals surface area (Å²) >= 11 is 0. The van der Waals surface area contributed by atoms with Crippen molar-refractivity contribution >= 4 is 17.1 Å². The Hall–Kier alpha value is -2.88. The molecule has 1 fully saturated rings. The third-order valence-corrected chi connectivity index (χ3v) is 8.38. The fourth-order valence-corrected chi connectivity index (χ4v) is 7.32. The van der Waals surface area contributed by atoms with Gasteiger partial charge in [0, 0.05) is 18.8 Å². The number of hydrogen-bond donors (Lipinski definition) is 2. The van der Waals surface area contributed by atoms with Gasteiger partial charge in [-0.05, 0) is 78.7 Å². The average molecular weight is 420 g/mol. The van der Waals surface area contributed by atoms with Crippen LogP contribution in [0.4, 0.5) is 17.1 Å². The number of para-hydroxylation sites is 3. The molecule has 3 heteroatoms. The molecule has 7 rings (SSSR count). The zero-order chi connectivity index (χ0) is 21.1. The van der Waals surface area contributed by atoms with E-state index in [1.165, 1.54) is 41.0 Å². The van der Waals surface area contributed by atoms with Gasteiger partial charge in [0.05, 0.1) is 16.8 Å². The minimum Gasteiger partial charge on any atom is -0.316 e. The molecule has 3 aliphatic heterocycles. The summed E-state index contributed by atoms with van der Waals surface area (Å²) in [4.78, 5) is 2.48. The number of nitrogens with zero attached hydrogens (tertiary/aromatic N) is 1. The van der Waals surface area contributed by atoms with E-state index in [1.54, 1.807) is 11.1 Å². The number of benzene rings is 3. The second-order valence-electron chi connectivity index (χ2n) is 9.65. The lowest BCUT2D eigenvalue weighted by molar-refractivity contribution is 0.245. The molecule has 1 aliphatic carbocycles. The SMILES string of the molecule is c1ccc(N2c3ccccc3C3(C4=C(CCNC4)C4CCNCC43)c3ccccc32)cc1. The summed E-state index contributed by atoms with van der Waals surface area (Å²) in [6, 6.07) is 29.3. The quantitative estimate of drug-likeness (QED) is 0.525. The number of piperidine rings is 1. The second kappa shape index (κ2) is 7.06. The zero-order valence-corrected chi connectivity index (χ0v) is 18.4. The van der Waals surface area contributed by atoms with Gasteiger partial charge in [-0.1, -0.05) is 60.2 Å². The predicted octanol–water partition coefficient (Wildman–Crippen LogP) is 5.29. The Morgan fingerprint density at radius 1 is 0.750 bits per heavy atom. The van der Waals surface area contributed by atoms with Crippen LogP contribution in [0.1, 0.15) is 24.0 Å². The molecule has 2 unspecified atom stereocenters. The number of nitrogens with one attached hydrogen (secondary N) is 2. The van der Waals surface area contributed by atoms with Gasteiger partial charge in [0.2, 0.25) is 0 Å². The van der Waals surface area contributed by atoms with Crippen LogP contribution in [0.3, 0.4) is 0 Å². The maximum Gasteiger partial charge on any atom is 0.0513 e. The molecule has 4 aliphatic rings. The van der Waals surface area contributed by atoms with E-state index in [0.29, 0.717) is 11.8 Å². The van der Waals surface area contributed by atoms with Crippen molar-refractivity contribution in [1.29, 1.82) is 0 Å². The Morgan fingerprint density at radius 2 is 1.44 bits per heavy atom. The van der Waals surface area contributed by atoms with Crippen molar-refractivity contribution < 1.29 is 0 Å². The molecule has 2 atom stereocenters. The highest BCUT2D eigenvalue weighted by Gasteiger charge is 2.59. The first-order valence-corrected chi connectivity index (χ1v) is 12.1. The van der Waals surface area contributed by atoms with E-state index >= 15 is 0 Å². The molecule has 2 N–H and O–H groups in total. The number of fused-ring (bicyclic) bond motifs is 8. The van der Waals surface area contributed by atoms with Crippen molar-refractivity contribution in [3.8, 4) is 0 Å². The molecule has 0 saturated carbocycles. The minimum atomic E-state index is -0.0562. The van der Waals surface area contributed by atoms with Crippen LogP contribution in [0.25, 0.3) is 0 Å². The standard InChI is InChI=1S/C29H29N3/c1-2-8-20(9-3-1)32-27-12-6-4-10-23(27)29(24-11-5-7-13-28(24)32)25-18-30-16-14-21(25)22-15-17-31-19-26(22)29/h1-13,21,25,30-31H,14-19H2. The molecule has 1 spiro atoms. The van der Waals surface area contributed by atoms with Crippen molar-refractivity contribution in [3.05, 3.63) is 101 Å². The van der Waals surface area contributed by atoms with Gasteiger partial charge < -0.3 is 15.5 Å². The van der Waals surface area contributed by atoms with Crippen LogP contribution < -0.4 is 15.5 Å². The van der Waals surface area contributed by atoms with Crippen molar-refractivity contribution in [2.75, 3.05) is 31.1 Å².